The lowest BCUT2D eigenvalue weighted by Gasteiger charge is -2.40. The van der Waals surface area contributed by atoms with Gasteiger partial charge in [-0.05, 0) is 68.0 Å². The molecule has 2 N–H and O–H groups in total. The molecule has 3 amide bonds. The lowest BCUT2D eigenvalue weighted by atomic mass is 9.88. The minimum Gasteiger partial charge on any atom is -0.462 e. The summed E-state index contributed by atoms with van der Waals surface area (Å²) in [6, 6.07) is 15.2. The molecule has 3 aliphatic rings. The van der Waals surface area contributed by atoms with Crippen molar-refractivity contribution in [3.05, 3.63) is 88.8 Å². The molecule has 7 nitrogen and oxygen atoms in total. The van der Waals surface area contributed by atoms with Gasteiger partial charge < -0.3 is 15.4 Å². The highest BCUT2D eigenvalue weighted by Crippen LogP contribution is 2.44. The van der Waals surface area contributed by atoms with Gasteiger partial charge in [-0.15, -0.1) is 34.9 Å². The molecule has 43 heavy (non-hydrogen) atoms. The Bertz CT molecular complexity index is 1610. The molecule has 3 unspecified atom stereocenters. The Labute approximate surface area is 264 Å². The highest BCUT2D eigenvalue weighted by molar-refractivity contribution is 8.00. The predicted molar refractivity (Wildman–Crippen MR) is 177 cm³/mol. The molecule has 1 aliphatic heterocycles. The van der Waals surface area contributed by atoms with Crippen LogP contribution in [0.5, 0.6) is 0 Å². The van der Waals surface area contributed by atoms with Crippen LogP contribution in [0.3, 0.4) is 0 Å². The second-order valence-corrected chi connectivity index (χ2v) is 14.1. The summed E-state index contributed by atoms with van der Waals surface area (Å²) in [6.07, 6.45) is 11.0. The largest absolute Gasteiger partial charge is 0.462 e. The van der Waals surface area contributed by atoms with Gasteiger partial charge in [-0.25, -0.2) is 9.59 Å². The molecule has 3 atom stereocenters. The summed E-state index contributed by atoms with van der Waals surface area (Å²) in [7, 11) is 0. The second kappa shape index (κ2) is 13.0. The van der Waals surface area contributed by atoms with Crippen molar-refractivity contribution in [1.82, 2.24) is 0 Å². The highest BCUT2D eigenvalue weighted by Gasteiger charge is 2.36. The minimum absolute atomic E-state index is 0.0863. The zero-order chi connectivity index (χ0) is 29.9. The number of hydrogen-bond donors (Lipinski definition) is 2. The molecule has 0 radical (unpaired) electrons. The molecule has 0 spiro atoms. The number of ether oxygens (including phenoxy) is 1. The fourth-order valence-corrected chi connectivity index (χ4v) is 9.07. The van der Waals surface area contributed by atoms with E-state index in [1.165, 1.54) is 23.1 Å². The van der Waals surface area contributed by atoms with E-state index < -0.39 is 0 Å². The third-order valence-electron chi connectivity index (χ3n) is 7.66. The van der Waals surface area contributed by atoms with Crippen LogP contribution in [0, 0.1) is 5.92 Å². The topological polar surface area (TPSA) is 87.7 Å². The number of anilines is 3. The van der Waals surface area contributed by atoms with Gasteiger partial charge in [0.1, 0.15) is 5.00 Å². The number of carbonyl (C=O) groups is 3. The molecule has 10 heteroatoms. The number of benzene rings is 2. The number of rotatable bonds is 7. The van der Waals surface area contributed by atoms with Crippen LogP contribution in [-0.4, -0.2) is 41.6 Å². The number of urea groups is 1. The molecule has 0 saturated heterocycles. The Morgan fingerprint density at radius 1 is 1.07 bits per heavy atom. The Hall–Kier alpha value is -3.47. The molecule has 222 valence electrons. The zero-order valence-electron chi connectivity index (χ0n) is 24.0. The van der Waals surface area contributed by atoms with Crippen molar-refractivity contribution < 1.29 is 19.1 Å². The van der Waals surface area contributed by atoms with Crippen LogP contribution in [0.15, 0.2) is 82.6 Å². The van der Waals surface area contributed by atoms with Crippen molar-refractivity contribution in [3.63, 3.8) is 0 Å². The van der Waals surface area contributed by atoms with E-state index in [0.717, 1.165) is 45.2 Å². The van der Waals surface area contributed by atoms with Gasteiger partial charge in [-0.3, -0.25) is 9.69 Å². The van der Waals surface area contributed by atoms with Crippen LogP contribution in [0.1, 0.15) is 41.1 Å². The number of esters is 1. The number of amides is 3. The molecular formula is C33H33N3O4S3. The maximum atomic E-state index is 13.6. The lowest BCUT2D eigenvalue weighted by Crippen LogP contribution is -2.49. The maximum absolute atomic E-state index is 13.6. The van der Waals surface area contributed by atoms with Crippen LogP contribution in [0.4, 0.5) is 21.2 Å². The zero-order valence-corrected chi connectivity index (χ0v) is 26.5. The van der Waals surface area contributed by atoms with Gasteiger partial charge >= 0.3 is 12.0 Å². The summed E-state index contributed by atoms with van der Waals surface area (Å²) in [5, 5.41) is 6.78. The quantitative estimate of drug-likeness (QED) is 0.205. The number of allylic oxidation sites excluding steroid dienone is 2. The van der Waals surface area contributed by atoms with Gasteiger partial charge in [0, 0.05) is 20.4 Å². The monoisotopic (exact) mass is 631 g/mol. The fourth-order valence-electron chi connectivity index (χ4n) is 5.64. The fraction of sp³-hybridized carbons (Fsp3) is 0.303. The van der Waals surface area contributed by atoms with Crippen molar-refractivity contribution in [2.75, 3.05) is 27.9 Å². The molecule has 3 aromatic rings. The SMILES string of the molecule is CCOC(=O)c1c(NC(=O)CSc2cccc(NC(=O)N3c4ccccc4SC4C=CC=CC43)c2)sc2c1CCC(C)C2. The van der Waals surface area contributed by atoms with Gasteiger partial charge in [0.15, 0.2) is 0 Å². The van der Waals surface area contributed by atoms with E-state index in [1.54, 1.807) is 18.7 Å². The molecule has 0 fully saturated rings. The highest BCUT2D eigenvalue weighted by atomic mass is 32.2. The van der Waals surface area contributed by atoms with Crippen molar-refractivity contribution in [2.24, 2.45) is 5.92 Å². The number of thioether (sulfide) groups is 2. The minimum atomic E-state index is -0.373. The van der Waals surface area contributed by atoms with Crippen LogP contribution >= 0.6 is 34.9 Å². The number of fused-ring (bicyclic) bond motifs is 3. The first-order valence-corrected chi connectivity index (χ1v) is 17.1. The standard InChI is InChI=1S/C33H33N3O4S3/c1-3-40-32(38)30-23-16-15-20(2)17-28(23)43-31(30)35-29(37)19-41-22-10-8-9-21(18-22)34-33(39)36-24-11-4-6-13-26(24)42-27-14-7-5-12-25(27)36/h4-14,18,20,24,26H,3,15-17,19H2,1-2H3,(H,34,39)(H,35,37). The lowest BCUT2D eigenvalue weighted by molar-refractivity contribution is -0.113. The number of hydrogen-bond acceptors (Lipinski definition) is 7. The third-order valence-corrected chi connectivity index (χ3v) is 11.1. The summed E-state index contributed by atoms with van der Waals surface area (Å²) in [6.45, 7) is 4.29. The average Bonchev–Trinajstić information content (AvgIpc) is 3.35. The van der Waals surface area contributed by atoms with Crippen molar-refractivity contribution >= 4 is 69.1 Å². The summed E-state index contributed by atoms with van der Waals surface area (Å²) >= 11 is 4.64. The number of nitrogens with one attached hydrogen (secondary N) is 2. The van der Waals surface area contributed by atoms with Gasteiger partial charge in [0.25, 0.3) is 0 Å². The summed E-state index contributed by atoms with van der Waals surface area (Å²) < 4.78 is 5.33. The molecule has 6 rings (SSSR count). The summed E-state index contributed by atoms with van der Waals surface area (Å²) in [4.78, 5) is 44.4. The van der Waals surface area contributed by atoms with E-state index in [9.17, 15) is 14.4 Å². The summed E-state index contributed by atoms with van der Waals surface area (Å²) in [5.41, 5.74) is 3.08. The van der Waals surface area contributed by atoms with E-state index in [0.29, 0.717) is 22.2 Å². The number of nitrogens with zero attached hydrogens (tertiary/aromatic N) is 1. The first-order valence-electron chi connectivity index (χ1n) is 14.5. The smallest absolute Gasteiger partial charge is 0.341 e. The Balaban J connectivity index is 1.12. The van der Waals surface area contributed by atoms with Crippen LogP contribution in [0.2, 0.25) is 0 Å². The Morgan fingerprint density at radius 3 is 2.77 bits per heavy atom. The van der Waals surface area contributed by atoms with E-state index in [1.807, 2.05) is 65.6 Å². The van der Waals surface area contributed by atoms with Gasteiger partial charge in [-0.2, -0.15) is 0 Å². The Kier molecular flexibility index (Phi) is 8.97. The Morgan fingerprint density at radius 2 is 1.91 bits per heavy atom. The number of para-hydroxylation sites is 1. The van der Waals surface area contributed by atoms with Crippen molar-refractivity contribution in [2.45, 2.75) is 54.2 Å². The molecule has 2 aliphatic carbocycles. The van der Waals surface area contributed by atoms with Crippen LogP contribution in [-0.2, 0) is 22.4 Å². The molecule has 0 bridgehead atoms. The van der Waals surface area contributed by atoms with Gasteiger partial charge in [0.05, 0.1) is 34.9 Å². The van der Waals surface area contributed by atoms with Crippen molar-refractivity contribution in [1.29, 1.82) is 0 Å². The molecule has 2 heterocycles. The van der Waals surface area contributed by atoms with Crippen molar-refractivity contribution in [3.8, 4) is 0 Å². The molecule has 1 aromatic heterocycles. The van der Waals surface area contributed by atoms with Crippen LogP contribution in [0.25, 0.3) is 0 Å². The first-order chi connectivity index (χ1) is 20.9. The summed E-state index contributed by atoms with van der Waals surface area (Å²) in [5.74, 6) is 0.147. The molecule has 0 saturated carbocycles. The van der Waals surface area contributed by atoms with Gasteiger partial charge in [-0.1, -0.05) is 49.4 Å². The third kappa shape index (κ3) is 6.41. The molecule has 2 aromatic carbocycles. The maximum Gasteiger partial charge on any atom is 0.341 e. The van der Waals surface area contributed by atoms with Crippen LogP contribution < -0.4 is 15.5 Å². The van der Waals surface area contributed by atoms with E-state index in [4.69, 9.17) is 4.74 Å². The van der Waals surface area contributed by atoms with E-state index in [2.05, 4.69) is 29.7 Å². The number of thiophene rings is 1. The van der Waals surface area contributed by atoms with E-state index >= 15 is 0 Å². The second-order valence-electron chi connectivity index (χ2n) is 10.8. The average molecular weight is 632 g/mol. The number of carbonyl (C=O) groups excluding carboxylic acids is 3. The normalized spacial score (nSPS) is 20.0. The predicted octanol–water partition coefficient (Wildman–Crippen LogP) is 7.79. The van der Waals surface area contributed by atoms with E-state index in [-0.39, 0.29) is 41.6 Å². The first kappa shape index (κ1) is 29.6. The molecular weight excluding hydrogens is 599 g/mol. The van der Waals surface area contributed by atoms with Gasteiger partial charge in [0.2, 0.25) is 5.91 Å².